The highest BCUT2D eigenvalue weighted by Gasteiger charge is 2.54. The fraction of sp³-hybridized carbons (Fsp3) is 0.455. The molecule has 1 aromatic carbocycles. The van der Waals surface area contributed by atoms with Crippen LogP contribution in [0, 0.1) is 5.92 Å². The maximum atomic E-state index is 13.3. The van der Waals surface area contributed by atoms with E-state index in [9.17, 15) is 9.59 Å². The fourth-order valence-electron chi connectivity index (χ4n) is 5.55. The van der Waals surface area contributed by atoms with Crippen molar-refractivity contribution in [1.29, 1.82) is 0 Å². The van der Waals surface area contributed by atoms with Crippen LogP contribution in [0.15, 0.2) is 47.3 Å². The Kier molecular flexibility index (Phi) is 4.23. The molecule has 4 saturated heterocycles. The molecule has 4 fully saturated rings. The fourth-order valence-corrected chi connectivity index (χ4v) is 5.55. The molecule has 6 rings (SSSR count). The number of nitrogens with zero attached hydrogens (tertiary/aromatic N) is 2. The van der Waals surface area contributed by atoms with Crippen molar-refractivity contribution in [2.24, 2.45) is 5.92 Å². The number of benzene rings is 1. The van der Waals surface area contributed by atoms with Gasteiger partial charge in [0.2, 0.25) is 5.56 Å². The number of aromatic nitrogens is 1. The van der Waals surface area contributed by atoms with E-state index < -0.39 is 0 Å². The van der Waals surface area contributed by atoms with E-state index in [0.717, 1.165) is 31.7 Å². The van der Waals surface area contributed by atoms with Crippen LogP contribution in [-0.4, -0.2) is 59.5 Å². The van der Waals surface area contributed by atoms with Crippen molar-refractivity contribution in [3.8, 4) is 5.75 Å². The Bertz CT molecular complexity index is 948. The van der Waals surface area contributed by atoms with Gasteiger partial charge >= 0.3 is 0 Å². The number of likely N-dealkylation sites (tertiary alicyclic amines) is 1. The Morgan fingerprint density at radius 2 is 1.89 bits per heavy atom. The number of carbonyl (C=O) groups is 1. The SMILES string of the molecule is COc1cccc([C@@H]2CN(C(=O)c3cccc(=O)[nH]3)[C@@H]3C4CCN(CC4)[C@@H]32)c1. The summed E-state index contributed by atoms with van der Waals surface area (Å²) in [4.78, 5) is 32.4. The van der Waals surface area contributed by atoms with E-state index >= 15 is 0 Å². The summed E-state index contributed by atoms with van der Waals surface area (Å²) >= 11 is 0. The summed E-state index contributed by atoms with van der Waals surface area (Å²) in [6.07, 6.45) is 2.28. The quantitative estimate of drug-likeness (QED) is 0.887. The molecule has 28 heavy (non-hydrogen) atoms. The van der Waals surface area contributed by atoms with E-state index in [1.807, 2.05) is 17.0 Å². The van der Waals surface area contributed by atoms with Crippen molar-refractivity contribution < 1.29 is 9.53 Å². The van der Waals surface area contributed by atoms with Gasteiger partial charge in [0.15, 0.2) is 0 Å². The van der Waals surface area contributed by atoms with E-state index in [0.29, 0.717) is 24.2 Å². The molecule has 3 atom stereocenters. The maximum Gasteiger partial charge on any atom is 0.270 e. The third-order valence-corrected chi connectivity index (χ3v) is 6.78. The Morgan fingerprint density at radius 1 is 1.11 bits per heavy atom. The van der Waals surface area contributed by atoms with Crippen molar-refractivity contribution in [2.45, 2.75) is 30.8 Å². The van der Waals surface area contributed by atoms with Gasteiger partial charge in [0, 0.05) is 24.6 Å². The van der Waals surface area contributed by atoms with Crippen molar-refractivity contribution >= 4 is 5.91 Å². The number of pyridine rings is 1. The molecular formula is C22H25N3O3. The standard InChI is InChI=1S/C22H25N3O3/c1-28-16-5-2-4-15(12-16)17-13-25(22(27)18-6-3-7-19(26)23-18)20-14-8-10-24(11-9-14)21(17)20/h2-7,12,14,17,20-21H,8-11,13H2,1H3,(H,23,26)/t17-,20+,21+/m0/s1. The number of piperidine rings is 3. The van der Waals surface area contributed by atoms with Gasteiger partial charge in [-0.3, -0.25) is 14.5 Å². The molecule has 6 heteroatoms. The van der Waals surface area contributed by atoms with E-state index in [-0.39, 0.29) is 23.4 Å². The summed E-state index contributed by atoms with van der Waals surface area (Å²) in [5, 5.41) is 0. The van der Waals surface area contributed by atoms with Crippen LogP contribution in [0.2, 0.25) is 0 Å². The molecule has 0 aliphatic carbocycles. The van der Waals surface area contributed by atoms with Crippen LogP contribution in [0.1, 0.15) is 34.8 Å². The number of hydrogen-bond donors (Lipinski definition) is 1. The minimum atomic E-state index is -0.236. The first-order valence-electron chi connectivity index (χ1n) is 10.0. The van der Waals surface area contributed by atoms with Gasteiger partial charge in [0.1, 0.15) is 11.4 Å². The lowest BCUT2D eigenvalue weighted by molar-refractivity contribution is -0.00359. The molecular weight excluding hydrogens is 354 g/mol. The Hall–Kier alpha value is -2.60. The lowest BCUT2D eigenvalue weighted by Gasteiger charge is -2.51. The second kappa shape index (κ2) is 6.78. The number of methoxy groups -OCH3 is 1. The molecule has 0 unspecified atom stereocenters. The Morgan fingerprint density at radius 3 is 2.64 bits per heavy atom. The average Bonchev–Trinajstić information content (AvgIpc) is 3.17. The number of carbonyl (C=O) groups excluding carboxylic acids is 1. The molecule has 6 nitrogen and oxygen atoms in total. The second-order valence-corrected chi connectivity index (χ2v) is 8.12. The number of rotatable bonds is 3. The molecule has 4 aliphatic heterocycles. The first-order chi connectivity index (χ1) is 13.7. The van der Waals surface area contributed by atoms with Gasteiger partial charge in [-0.2, -0.15) is 0 Å². The van der Waals surface area contributed by atoms with Crippen molar-refractivity contribution in [3.05, 3.63) is 64.1 Å². The molecule has 4 aliphatic rings. The van der Waals surface area contributed by atoms with Gasteiger partial charge in [-0.05, 0) is 55.6 Å². The van der Waals surface area contributed by atoms with Crippen molar-refractivity contribution in [2.75, 3.05) is 26.7 Å². The van der Waals surface area contributed by atoms with Crippen LogP contribution in [0.3, 0.4) is 0 Å². The van der Waals surface area contributed by atoms with Crippen LogP contribution < -0.4 is 10.3 Å². The molecule has 1 N–H and O–H groups in total. The van der Waals surface area contributed by atoms with Crippen LogP contribution in [0.4, 0.5) is 0 Å². The minimum Gasteiger partial charge on any atom is -0.497 e. The van der Waals surface area contributed by atoms with Gasteiger partial charge in [-0.25, -0.2) is 0 Å². The number of hydrogen-bond acceptors (Lipinski definition) is 4. The van der Waals surface area contributed by atoms with E-state index in [2.05, 4.69) is 22.0 Å². The molecule has 0 radical (unpaired) electrons. The molecule has 1 amide bonds. The van der Waals surface area contributed by atoms with Gasteiger partial charge in [0.25, 0.3) is 5.91 Å². The highest BCUT2D eigenvalue weighted by atomic mass is 16.5. The lowest BCUT2D eigenvalue weighted by atomic mass is 9.75. The van der Waals surface area contributed by atoms with E-state index in [1.54, 1.807) is 19.2 Å². The number of nitrogens with one attached hydrogen (secondary N) is 1. The third-order valence-electron chi connectivity index (χ3n) is 6.78. The minimum absolute atomic E-state index is 0.0631. The number of H-pyrrole nitrogens is 1. The van der Waals surface area contributed by atoms with E-state index in [4.69, 9.17) is 4.74 Å². The molecule has 2 bridgehead atoms. The summed E-state index contributed by atoms with van der Waals surface area (Å²) < 4.78 is 5.44. The highest BCUT2D eigenvalue weighted by Crippen LogP contribution is 2.47. The molecule has 0 spiro atoms. The first-order valence-corrected chi connectivity index (χ1v) is 10.0. The van der Waals surface area contributed by atoms with Gasteiger partial charge in [-0.15, -0.1) is 0 Å². The molecule has 0 saturated carbocycles. The van der Waals surface area contributed by atoms with Crippen LogP contribution in [0.25, 0.3) is 0 Å². The topological polar surface area (TPSA) is 65.6 Å². The Labute approximate surface area is 164 Å². The summed E-state index contributed by atoms with van der Waals surface area (Å²) in [5.74, 6) is 1.57. The lowest BCUT2D eigenvalue weighted by Crippen LogP contribution is -2.60. The van der Waals surface area contributed by atoms with Gasteiger partial charge < -0.3 is 14.6 Å². The largest absolute Gasteiger partial charge is 0.497 e. The zero-order valence-electron chi connectivity index (χ0n) is 16.0. The molecule has 5 heterocycles. The summed E-state index contributed by atoms with van der Waals surface area (Å²) in [6.45, 7) is 2.89. The van der Waals surface area contributed by atoms with Gasteiger partial charge in [0.05, 0.1) is 13.2 Å². The predicted molar refractivity (Wildman–Crippen MR) is 106 cm³/mol. The first kappa shape index (κ1) is 17.5. The molecule has 146 valence electrons. The predicted octanol–water partition coefficient (Wildman–Crippen LogP) is 2.09. The number of fused-ring (bicyclic) bond motifs is 2. The molecule has 1 aromatic heterocycles. The van der Waals surface area contributed by atoms with Crippen LogP contribution in [-0.2, 0) is 0 Å². The smallest absolute Gasteiger partial charge is 0.270 e. The third kappa shape index (κ3) is 2.75. The summed E-state index contributed by atoms with van der Waals surface area (Å²) in [6, 6.07) is 13.6. The summed E-state index contributed by atoms with van der Waals surface area (Å²) in [7, 11) is 1.68. The average molecular weight is 379 g/mol. The van der Waals surface area contributed by atoms with Crippen LogP contribution in [0.5, 0.6) is 5.75 Å². The number of amides is 1. The zero-order chi connectivity index (χ0) is 19.3. The molecule has 2 aromatic rings. The maximum absolute atomic E-state index is 13.3. The summed E-state index contributed by atoms with van der Waals surface area (Å²) in [5.41, 5.74) is 1.37. The Balaban J connectivity index is 1.53. The van der Waals surface area contributed by atoms with E-state index in [1.165, 1.54) is 11.6 Å². The zero-order valence-corrected chi connectivity index (χ0v) is 16.0. The number of aromatic amines is 1. The highest BCUT2D eigenvalue weighted by molar-refractivity contribution is 5.93. The van der Waals surface area contributed by atoms with Crippen LogP contribution >= 0.6 is 0 Å². The normalized spacial score (nSPS) is 30.9. The van der Waals surface area contributed by atoms with Crippen molar-refractivity contribution in [1.82, 2.24) is 14.8 Å². The number of ether oxygens (including phenoxy) is 1. The van der Waals surface area contributed by atoms with Gasteiger partial charge in [-0.1, -0.05) is 18.2 Å². The monoisotopic (exact) mass is 379 g/mol. The van der Waals surface area contributed by atoms with Crippen molar-refractivity contribution in [3.63, 3.8) is 0 Å². The second-order valence-electron chi connectivity index (χ2n) is 8.12.